The molecule has 0 aromatic carbocycles. The zero-order chi connectivity index (χ0) is 9.97. The second kappa shape index (κ2) is 3.63. The number of rotatable bonds is 2. The van der Waals surface area contributed by atoms with Gasteiger partial charge in [0.15, 0.2) is 5.13 Å². The van der Waals surface area contributed by atoms with E-state index in [0.29, 0.717) is 5.82 Å². The molecule has 0 saturated heterocycles. The zero-order valence-corrected chi connectivity index (χ0v) is 8.51. The third-order valence-corrected chi connectivity index (χ3v) is 2.46. The Balaban J connectivity index is 2.18. The quantitative estimate of drug-likeness (QED) is 0.790. The second-order valence-corrected chi connectivity index (χ2v) is 4.08. The van der Waals surface area contributed by atoms with Crippen molar-refractivity contribution in [2.75, 3.05) is 11.1 Å². The molecule has 72 valence electrons. The van der Waals surface area contributed by atoms with Gasteiger partial charge in [-0.25, -0.2) is 9.97 Å². The van der Waals surface area contributed by atoms with Crippen LogP contribution in [0.15, 0.2) is 24.4 Å². The van der Waals surface area contributed by atoms with E-state index in [-0.39, 0.29) is 0 Å². The highest BCUT2D eigenvalue weighted by Gasteiger charge is 1.99. The van der Waals surface area contributed by atoms with Crippen molar-refractivity contribution in [3.05, 3.63) is 29.3 Å². The molecule has 2 rings (SSSR count). The van der Waals surface area contributed by atoms with Crippen LogP contribution in [0, 0.1) is 6.92 Å². The Morgan fingerprint density at radius 2 is 2.29 bits per heavy atom. The smallest absolute Gasteiger partial charge is 0.188 e. The standard InChI is InChI=1S/C9H10N4S/c1-6-5-11-9(14-6)13-8-4-2-3-7(10)12-8/h2-5H,1H3,(H3,10,11,12,13). The largest absolute Gasteiger partial charge is 0.384 e. The molecule has 14 heavy (non-hydrogen) atoms. The van der Waals surface area contributed by atoms with Gasteiger partial charge in [-0.3, -0.25) is 0 Å². The molecule has 0 bridgehead atoms. The third-order valence-electron chi connectivity index (χ3n) is 1.63. The fourth-order valence-electron chi connectivity index (χ4n) is 1.04. The molecular formula is C9H10N4S. The number of thiazole rings is 1. The SMILES string of the molecule is Cc1cnc(Nc2cccc(N)n2)s1. The van der Waals surface area contributed by atoms with E-state index >= 15 is 0 Å². The Morgan fingerprint density at radius 1 is 1.43 bits per heavy atom. The maximum Gasteiger partial charge on any atom is 0.188 e. The summed E-state index contributed by atoms with van der Waals surface area (Å²) in [5.41, 5.74) is 5.55. The normalized spacial score (nSPS) is 10.1. The summed E-state index contributed by atoms with van der Waals surface area (Å²) in [5.74, 6) is 1.22. The molecule has 0 fully saturated rings. The van der Waals surface area contributed by atoms with E-state index in [4.69, 9.17) is 5.73 Å². The maximum absolute atomic E-state index is 5.55. The first-order valence-electron chi connectivity index (χ1n) is 4.16. The number of nitrogens with zero attached hydrogens (tertiary/aromatic N) is 2. The number of nitrogen functional groups attached to an aromatic ring is 1. The van der Waals surface area contributed by atoms with Gasteiger partial charge in [-0.15, -0.1) is 11.3 Å². The van der Waals surface area contributed by atoms with Crippen LogP contribution in [0.25, 0.3) is 0 Å². The van der Waals surface area contributed by atoms with Crippen molar-refractivity contribution in [1.82, 2.24) is 9.97 Å². The van der Waals surface area contributed by atoms with Crippen LogP contribution in [0.5, 0.6) is 0 Å². The van der Waals surface area contributed by atoms with Gasteiger partial charge < -0.3 is 11.1 Å². The number of aryl methyl sites for hydroxylation is 1. The number of hydrogen-bond acceptors (Lipinski definition) is 5. The van der Waals surface area contributed by atoms with Gasteiger partial charge in [-0.2, -0.15) is 0 Å². The number of anilines is 3. The lowest BCUT2D eigenvalue weighted by molar-refractivity contribution is 1.29. The van der Waals surface area contributed by atoms with Crippen molar-refractivity contribution >= 4 is 28.1 Å². The van der Waals surface area contributed by atoms with Crippen molar-refractivity contribution in [3.8, 4) is 0 Å². The fourth-order valence-corrected chi connectivity index (χ4v) is 1.71. The molecule has 4 nitrogen and oxygen atoms in total. The van der Waals surface area contributed by atoms with Crippen LogP contribution in [0.1, 0.15) is 4.88 Å². The van der Waals surface area contributed by atoms with Crippen LogP contribution in [-0.4, -0.2) is 9.97 Å². The van der Waals surface area contributed by atoms with E-state index in [1.54, 1.807) is 17.4 Å². The Labute approximate surface area is 85.8 Å². The highest BCUT2D eigenvalue weighted by molar-refractivity contribution is 7.15. The van der Waals surface area contributed by atoms with E-state index in [9.17, 15) is 0 Å². The summed E-state index contributed by atoms with van der Waals surface area (Å²) in [4.78, 5) is 9.44. The average Bonchev–Trinajstić information content (AvgIpc) is 2.51. The summed E-state index contributed by atoms with van der Waals surface area (Å²) in [7, 11) is 0. The van der Waals surface area contributed by atoms with Gasteiger partial charge in [-0.05, 0) is 19.1 Å². The predicted octanol–water partition coefficient (Wildman–Crippen LogP) is 2.17. The van der Waals surface area contributed by atoms with E-state index in [0.717, 1.165) is 15.8 Å². The van der Waals surface area contributed by atoms with Crippen molar-refractivity contribution in [1.29, 1.82) is 0 Å². The Kier molecular flexibility index (Phi) is 2.32. The molecule has 0 atom stereocenters. The minimum Gasteiger partial charge on any atom is -0.384 e. The van der Waals surface area contributed by atoms with Gasteiger partial charge in [-0.1, -0.05) is 6.07 Å². The minimum atomic E-state index is 0.503. The summed E-state index contributed by atoms with van der Waals surface area (Å²) in [6.45, 7) is 2.01. The lowest BCUT2D eigenvalue weighted by Gasteiger charge is -2.01. The Morgan fingerprint density at radius 3 is 2.93 bits per heavy atom. The molecule has 0 unspecified atom stereocenters. The van der Waals surface area contributed by atoms with Gasteiger partial charge in [0.2, 0.25) is 0 Å². The van der Waals surface area contributed by atoms with Gasteiger partial charge in [0.05, 0.1) is 0 Å². The van der Waals surface area contributed by atoms with Gasteiger partial charge in [0, 0.05) is 11.1 Å². The number of aromatic nitrogens is 2. The number of nitrogens with two attached hydrogens (primary N) is 1. The number of pyridine rings is 1. The average molecular weight is 206 g/mol. The summed E-state index contributed by atoms with van der Waals surface area (Å²) >= 11 is 1.59. The molecule has 0 radical (unpaired) electrons. The Hall–Kier alpha value is -1.62. The summed E-state index contributed by atoms with van der Waals surface area (Å²) < 4.78 is 0. The molecule has 2 heterocycles. The molecule has 0 aliphatic heterocycles. The zero-order valence-electron chi connectivity index (χ0n) is 7.69. The van der Waals surface area contributed by atoms with Gasteiger partial charge in [0.1, 0.15) is 11.6 Å². The number of hydrogen-bond donors (Lipinski definition) is 2. The van der Waals surface area contributed by atoms with Crippen molar-refractivity contribution in [2.24, 2.45) is 0 Å². The number of nitrogens with one attached hydrogen (secondary N) is 1. The van der Waals surface area contributed by atoms with E-state index in [2.05, 4.69) is 15.3 Å². The van der Waals surface area contributed by atoms with E-state index < -0.39 is 0 Å². The Bertz CT molecular complexity index is 438. The van der Waals surface area contributed by atoms with Crippen LogP contribution >= 0.6 is 11.3 Å². The molecule has 0 aliphatic carbocycles. The molecule has 0 spiro atoms. The highest BCUT2D eigenvalue weighted by atomic mass is 32.1. The van der Waals surface area contributed by atoms with Crippen LogP contribution < -0.4 is 11.1 Å². The van der Waals surface area contributed by atoms with Crippen LogP contribution in [-0.2, 0) is 0 Å². The van der Waals surface area contributed by atoms with E-state index in [1.807, 2.05) is 25.3 Å². The van der Waals surface area contributed by atoms with Crippen LogP contribution in [0.2, 0.25) is 0 Å². The van der Waals surface area contributed by atoms with Crippen molar-refractivity contribution < 1.29 is 0 Å². The van der Waals surface area contributed by atoms with Crippen molar-refractivity contribution in [2.45, 2.75) is 6.92 Å². The summed E-state index contributed by atoms with van der Waals surface area (Å²) in [6.07, 6.45) is 1.82. The molecule has 2 aromatic heterocycles. The highest BCUT2D eigenvalue weighted by Crippen LogP contribution is 2.20. The first-order chi connectivity index (χ1) is 6.74. The van der Waals surface area contributed by atoms with Crippen LogP contribution in [0.4, 0.5) is 16.8 Å². The molecule has 5 heteroatoms. The monoisotopic (exact) mass is 206 g/mol. The lowest BCUT2D eigenvalue weighted by atomic mass is 10.4. The first kappa shape index (κ1) is 8.96. The third kappa shape index (κ3) is 2.00. The topological polar surface area (TPSA) is 63.8 Å². The van der Waals surface area contributed by atoms with Crippen molar-refractivity contribution in [3.63, 3.8) is 0 Å². The summed E-state index contributed by atoms with van der Waals surface area (Å²) in [6, 6.07) is 5.45. The molecule has 0 aliphatic rings. The summed E-state index contributed by atoms with van der Waals surface area (Å²) in [5, 5.41) is 3.92. The molecule has 3 N–H and O–H groups in total. The van der Waals surface area contributed by atoms with Crippen LogP contribution in [0.3, 0.4) is 0 Å². The van der Waals surface area contributed by atoms with Gasteiger partial charge in [0.25, 0.3) is 0 Å². The second-order valence-electron chi connectivity index (χ2n) is 2.85. The van der Waals surface area contributed by atoms with E-state index in [1.165, 1.54) is 0 Å². The van der Waals surface area contributed by atoms with Gasteiger partial charge >= 0.3 is 0 Å². The molecule has 2 aromatic rings. The molecule has 0 saturated carbocycles. The maximum atomic E-state index is 5.55. The first-order valence-corrected chi connectivity index (χ1v) is 4.98. The lowest BCUT2D eigenvalue weighted by Crippen LogP contribution is -1.95. The molecular weight excluding hydrogens is 196 g/mol. The predicted molar refractivity (Wildman–Crippen MR) is 58.8 cm³/mol. The molecule has 0 amide bonds. The minimum absolute atomic E-state index is 0.503. The fraction of sp³-hybridized carbons (Fsp3) is 0.111.